The van der Waals surface area contributed by atoms with Gasteiger partial charge >= 0.3 is 0 Å². The Morgan fingerprint density at radius 1 is 1.03 bits per heavy atom. The average Bonchev–Trinajstić information content (AvgIpc) is 3.28. The maximum absolute atomic E-state index is 10.4. The first-order valence-corrected chi connectivity index (χ1v) is 11.0. The molecule has 2 aromatic carbocycles. The normalized spacial score (nSPS) is 26.0. The molecule has 4 rings (SSSR count). The second kappa shape index (κ2) is 9.62. The van der Waals surface area contributed by atoms with Crippen molar-refractivity contribution in [3.8, 4) is 10.9 Å². The van der Waals surface area contributed by atoms with Crippen LogP contribution in [0.4, 0.5) is 0 Å². The highest BCUT2D eigenvalue weighted by molar-refractivity contribution is 7.11. The standard InChI is InChI=1S/C22H22ClNO6S/c23-16-6-3-13(21-20(28)19(27)18(26)17(11-25)30-21)10-14(16)9-12-1-4-15(5-2-12)29-22-24-7-8-31-22/h1-8,10,17-21,25-28H,9,11H2/t17-,18-,19?,20-,21+/m1/s1. The molecule has 1 unspecified atom stereocenters. The van der Waals surface area contributed by atoms with E-state index in [2.05, 4.69) is 4.98 Å². The van der Waals surface area contributed by atoms with E-state index < -0.39 is 37.1 Å². The largest absolute Gasteiger partial charge is 0.431 e. The lowest BCUT2D eigenvalue weighted by Crippen LogP contribution is -2.55. The molecule has 4 N–H and O–H groups in total. The maximum Gasteiger partial charge on any atom is 0.278 e. The molecule has 164 valence electrons. The van der Waals surface area contributed by atoms with Crippen molar-refractivity contribution in [2.45, 2.75) is 36.9 Å². The van der Waals surface area contributed by atoms with Crippen LogP contribution >= 0.6 is 22.9 Å². The number of aliphatic hydroxyl groups excluding tert-OH is 4. The lowest BCUT2D eigenvalue weighted by molar-refractivity contribution is -0.231. The van der Waals surface area contributed by atoms with E-state index in [1.165, 1.54) is 11.3 Å². The van der Waals surface area contributed by atoms with Gasteiger partial charge in [0.2, 0.25) is 0 Å². The Kier molecular flexibility index (Phi) is 6.88. The van der Waals surface area contributed by atoms with Crippen LogP contribution in [-0.4, -0.2) is 56.4 Å². The summed E-state index contributed by atoms with van der Waals surface area (Å²) in [4.78, 5) is 4.09. The summed E-state index contributed by atoms with van der Waals surface area (Å²) in [7, 11) is 0. The monoisotopic (exact) mass is 463 g/mol. The summed E-state index contributed by atoms with van der Waals surface area (Å²) in [6.45, 7) is -0.475. The van der Waals surface area contributed by atoms with Crippen molar-refractivity contribution in [1.29, 1.82) is 0 Å². The van der Waals surface area contributed by atoms with Crippen LogP contribution in [0, 0.1) is 0 Å². The zero-order valence-corrected chi connectivity index (χ0v) is 17.9. The van der Waals surface area contributed by atoms with Crippen LogP contribution in [0.5, 0.6) is 10.9 Å². The second-order valence-electron chi connectivity index (χ2n) is 7.32. The molecule has 31 heavy (non-hydrogen) atoms. The molecule has 0 radical (unpaired) electrons. The number of halogens is 1. The van der Waals surface area contributed by atoms with Crippen LogP contribution in [0.3, 0.4) is 0 Å². The van der Waals surface area contributed by atoms with Gasteiger partial charge in [-0.25, -0.2) is 4.98 Å². The summed E-state index contributed by atoms with van der Waals surface area (Å²) in [5.74, 6) is 0.680. The SMILES string of the molecule is OC[C@H]1O[C@@H](c2ccc(Cl)c(Cc3ccc(Oc4nccs4)cc3)c2)[C@H](O)C(O)[C@@H]1O. The molecule has 0 bridgehead atoms. The number of hydrogen-bond donors (Lipinski definition) is 4. The second-order valence-corrected chi connectivity index (χ2v) is 8.59. The Bertz CT molecular complexity index is 998. The van der Waals surface area contributed by atoms with Crippen LogP contribution in [0.25, 0.3) is 0 Å². The Morgan fingerprint density at radius 2 is 1.81 bits per heavy atom. The van der Waals surface area contributed by atoms with E-state index >= 15 is 0 Å². The van der Waals surface area contributed by atoms with Crippen LogP contribution in [0.15, 0.2) is 54.0 Å². The van der Waals surface area contributed by atoms with Gasteiger partial charge in [0.15, 0.2) is 0 Å². The molecule has 1 fully saturated rings. The molecule has 7 nitrogen and oxygen atoms in total. The molecule has 9 heteroatoms. The minimum absolute atomic E-state index is 0.475. The third kappa shape index (κ3) is 4.91. The van der Waals surface area contributed by atoms with Crippen molar-refractivity contribution >= 4 is 22.9 Å². The Labute approximate surface area is 188 Å². The molecule has 0 aliphatic carbocycles. The Balaban J connectivity index is 1.51. The van der Waals surface area contributed by atoms with E-state index in [0.29, 0.717) is 28.0 Å². The highest BCUT2D eigenvalue weighted by Gasteiger charge is 2.44. The lowest BCUT2D eigenvalue weighted by Gasteiger charge is -2.40. The van der Waals surface area contributed by atoms with E-state index in [9.17, 15) is 20.4 Å². The van der Waals surface area contributed by atoms with Crippen molar-refractivity contribution < 1.29 is 29.9 Å². The van der Waals surface area contributed by atoms with E-state index in [1.54, 1.807) is 24.4 Å². The topological polar surface area (TPSA) is 112 Å². The number of benzene rings is 2. The Morgan fingerprint density at radius 3 is 2.48 bits per heavy atom. The first-order valence-electron chi connectivity index (χ1n) is 9.71. The number of nitrogens with zero attached hydrogens (tertiary/aromatic N) is 1. The zero-order chi connectivity index (χ0) is 22.0. The summed E-state index contributed by atoms with van der Waals surface area (Å²) < 4.78 is 11.3. The fourth-order valence-corrected chi connectivity index (χ4v) is 4.23. The van der Waals surface area contributed by atoms with Gasteiger partial charge in [0.25, 0.3) is 5.19 Å². The van der Waals surface area contributed by atoms with Gasteiger partial charge in [-0.05, 0) is 41.3 Å². The fraction of sp³-hybridized carbons (Fsp3) is 0.318. The van der Waals surface area contributed by atoms with Crippen molar-refractivity contribution in [1.82, 2.24) is 4.98 Å². The van der Waals surface area contributed by atoms with Gasteiger partial charge in [-0.3, -0.25) is 0 Å². The predicted molar refractivity (Wildman–Crippen MR) is 116 cm³/mol. The van der Waals surface area contributed by atoms with E-state index in [0.717, 1.165) is 11.1 Å². The smallest absolute Gasteiger partial charge is 0.278 e. The summed E-state index contributed by atoms with van der Waals surface area (Å²) in [6.07, 6.45) is -3.82. The summed E-state index contributed by atoms with van der Waals surface area (Å²) in [6, 6.07) is 12.8. The maximum atomic E-state index is 10.4. The predicted octanol–water partition coefficient (Wildman–Crippen LogP) is 2.69. The number of rotatable bonds is 6. The summed E-state index contributed by atoms with van der Waals surface area (Å²) >= 11 is 7.80. The van der Waals surface area contributed by atoms with Gasteiger partial charge in [0.05, 0.1) is 6.61 Å². The van der Waals surface area contributed by atoms with E-state index in [1.807, 2.05) is 29.6 Å². The molecule has 3 aromatic rings. The van der Waals surface area contributed by atoms with Crippen LogP contribution in [0.1, 0.15) is 22.8 Å². The number of thiazole rings is 1. The van der Waals surface area contributed by atoms with Gasteiger partial charge in [0.1, 0.15) is 36.3 Å². The number of aliphatic hydroxyl groups is 4. The molecule has 1 aromatic heterocycles. The lowest BCUT2D eigenvalue weighted by atomic mass is 9.90. The van der Waals surface area contributed by atoms with E-state index in [-0.39, 0.29) is 0 Å². The van der Waals surface area contributed by atoms with Gasteiger partial charge in [-0.1, -0.05) is 47.2 Å². The van der Waals surface area contributed by atoms with Gasteiger partial charge < -0.3 is 29.9 Å². The van der Waals surface area contributed by atoms with Crippen molar-refractivity contribution in [3.05, 3.63) is 75.8 Å². The molecule has 1 aliphatic rings. The first-order chi connectivity index (χ1) is 15.0. The molecule has 0 spiro atoms. The third-order valence-electron chi connectivity index (χ3n) is 5.22. The van der Waals surface area contributed by atoms with Crippen LogP contribution < -0.4 is 4.74 Å². The highest BCUT2D eigenvalue weighted by Crippen LogP contribution is 2.34. The molecule has 2 heterocycles. The number of aromatic nitrogens is 1. The van der Waals surface area contributed by atoms with E-state index in [4.69, 9.17) is 21.1 Å². The van der Waals surface area contributed by atoms with Gasteiger partial charge in [0, 0.05) is 16.6 Å². The number of ether oxygens (including phenoxy) is 2. The van der Waals surface area contributed by atoms with Crippen molar-refractivity contribution in [2.75, 3.05) is 6.61 Å². The molecular weight excluding hydrogens is 442 g/mol. The minimum Gasteiger partial charge on any atom is -0.431 e. The van der Waals surface area contributed by atoms with Crippen molar-refractivity contribution in [2.24, 2.45) is 0 Å². The zero-order valence-electron chi connectivity index (χ0n) is 16.3. The molecule has 0 amide bonds. The third-order valence-corrected chi connectivity index (χ3v) is 6.24. The fourth-order valence-electron chi connectivity index (χ4n) is 3.54. The van der Waals surface area contributed by atoms with Crippen LogP contribution in [0.2, 0.25) is 5.02 Å². The molecule has 0 saturated carbocycles. The molecule has 1 aliphatic heterocycles. The molecular formula is C22H22ClNO6S. The highest BCUT2D eigenvalue weighted by atomic mass is 35.5. The minimum atomic E-state index is -1.43. The quantitative estimate of drug-likeness (QED) is 0.444. The summed E-state index contributed by atoms with van der Waals surface area (Å²) in [5, 5.41) is 42.8. The summed E-state index contributed by atoms with van der Waals surface area (Å²) in [5.41, 5.74) is 2.41. The van der Waals surface area contributed by atoms with Crippen molar-refractivity contribution in [3.63, 3.8) is 0 Å². The first kappa shape index (κ1) is 22.2. The van der Waals surface area contributed by atoms with Gasteiger partial charge in [-0.2, -0.15) is 0 Å². The number of hydrogen-bond acceptors (Lipinski definition) is 8. The Hall–Kier alpha value is -2.04. The van der Waals surface area contributed by atoms with Gasteiger partial charge in [-0.15, -0.1) is 0 Å². The molecule has 5 atom stereocenters. The van der Waals surface area contributed by atoms with Crippen LogP contribution in [-0.2, 0) is 11.2 Å². The molecule has 1 saturated heterocycles. The average molecular weight is 464 g/mol.